The van der Waals surface area contributed by atoms with Crippen LogP contribution in [0.2, 0.25) is 0 Å². The van der Waals surface area contributed by atoms with Crippen molar-refractivity contribution < 1.29 is 19.8 Å². The van der Waals surface area contributed by atoms with E-state index in [0.29, 0.717) is 0 Å². The number of hydrogen-bond acceptors (Lipinski definition) is 4. The molecule has 0 aliphatic heterocycles. The quantitative estimate of drug-likeness (QED) is 0.0736. The van der Waals surface area contributed by atoms with E-state index in [0.717, 1.165) is 66.8 Å². The van der Waals surface area contributed by atoms with Crippen molar-refractivity contribution in [3.05, 3.63) is 212 Å². The summed E-state index contributed by atoms with van der Waals surface area (Å²) in [4.78, 5) is 28.7. The van der Waals surface area contributed by atoms with E-state index in [-0.39, 0.29) is 25.7 Å². The van der Waals surface area contributed by atoms with Crippen molar-refractivity contribution in [2.24, 2.45) is 0 Å². The van der Waals surface area contributed by atoms with Gasteiger partial charge in [-0.1, -0.05) is 168 Å². The van der Waals surface area contributed by atoms with Crippen molar-refractivity contribution in [3.8, 4) is 0 Å². The molecule has 6 aromatic carbocycles. The molecular formula is C53H58N2O4. The van der Waals surface area contributed by atoms with Crippen LogP contribution in [-0.2, 0) is 35.3 Å². The Labute approximate surface area is 350 Å². The monoisotopic (exact) mass is 786 g/mol. The Kier molecular flexibility index (Phi) is 13.7. The lowest BCUT2D eigenvalue weighted by Gasteiger charge is -2.39. The Morgan fingerprint density at radius 3 is 1.00 bits per heavy atom. The summed E-state index contributed by atoms with van der Waals surface area (Å²) < 4.78 is 0. The second-order valence-electron chi connectivity index (χ2n) is 16.8. The molecule has 0 radical (unpaired) electrons. The van der Waals surface area contributed by atoms with Crippen LogP contribution in [0.1, 0.15) is 85.3 Å². The number of benzene rings is 6. The number of nitrogens with one attached hydrogen (secondary N) is 2. The largest absolute Gasteiger partial charge is 0.387 e. The summed E-state index contributed by atoms with van der Waals surface area (Å²) in [6.45, 7) is 12.0. The molecule has 0 unspecified atom stereocenters. The van der Waals surface area contributed by atoms with Crippen LogP contribution < -0.4 is 10.6 Å². The normalized spacial score (nSPS) is 12.7. The van der Waals surface area contributed by atoms with E-state index in [4.69, 9.17) is 0 Å². The predicted octanol–water partition coefficient (Wildman–Crippen LogP) is 9.38. The SMILES string of the molecule is Cc1cccc(CC(O)(Cc2cccc(C)c2)[C@H](NC(=O)CC(=O)N[C@H](c2ccccc2C)C(O)(Cc2cccc(C)c2)Cc2cccc(C)c2)c2ccccc2C)c1. The molecule has 2 atom stereocenters. The molecule has 6 rings (SSSR count). The topological polar surface area (TPSA) is 98.7 Å². The van der Waals surface area contributed by atoms with Crippen LogP contribution in [0.4, 0.5) is 0 Å². The Morgan fingerprint density at radius 1 is 0.441 bits per heavy atom. The summed E-state index contributed by atoms with van der Waals surface area (Å²) in [6, 6.07) is 46.0. The summed E-state index contributed by atoms with van der Waals surface area (Å²) in [5.41, 5.74) is 8.43. The minimum Gasteiger partial charge on any atom is -0.387 e. The zero-order chi connectivity index (χ0) is 42.2. The lowest BCUT2D eigenvalue weighted by atomic mass is 9.77. The molecule has 0 bridgehead atoms. The molecule has 0 fully saturated rings. The highest BCUT2D eigenvalue weighted by Crippen LogP contribution is 2.37. The molecule has 4 N–H and O–H groups in total. The summed E-state index contributed by atoms with van der Waals surface area (Å²) >= 11 is 0. The number of rotatable bonds is 16. The van der Waals surface area contributed by atoms with E-state index in [1.165, 1.54) is 0 Å². The van der Waals surface area contributed by atoms with Gasteiger partial charge in [0.15, 0.2) is 0 Å². The van der Waals surface area contributed by atoms with Gasteiger partial charge in [-0.25, -0.2) is 0 Å². The molecule has 6 heteroatoms. The minimum atomic E-state index is -1.48. The highest BCUT2D eigenvalue weighted by atomic mass is 16.3. The number of amides is 2. The fraction of sp³-hybridized carbons (Fsp3) is 0.283. The van der Waals surface area contributed by atoms with Crippen LogP contribution in [0.15, 0.2) is 146 Å². The van der Waals surface area contributed by atoms with Crippen LogP contribution in [0.25, 0.3) is 0 Å². The highest BCUT2D eigenvalue weighted by Gasteiger charge is 2.42. The van der Waals surface area contributed by atoms with E-state index < -0.39 is 41.5 Å². The average Bonchev–Trinajstić information content (AvgIpc) is 3.16. The first-order chi connectivity index (χ1) is 28.2. The third kappa shape index (κ3) is 11.2. The van der Waals surface area contributed by atoms with Crippen molar-refractivity contribution in [1.29, 1.82) is 0 Å². The van der Waals surface area contributed by atoms with Gasteiger partial charge in [0, 0.05) is 25.7 Å². The van der Waals surface area contributed by atoms with Gasteiger partial charge in [0.05, 0.1) is 23.3 Å². The molecule has 0 saturated carbocycles. The van der Waals surface area contributed by atoms with Crippen molar-refractivity contribution in [2.75, 3.05) is 0 Å². The molecule has 2 amide bonds. The number of carbonyl (C=O) groups is 2. The molecule has 6 aromatic rings. The number of hydrogen-bond donors (Lipinski definition) is 4. The first-order valence-electron chi connectivity index (χ1n) is 20.6. The summed E-state index contributed by atoms with van der Waals surface area (Å²) in [7, 11) is 0. The first kappa shape index (κ1) is 42.8. The van der Waals surface area contributed by atoms with Gasteiger partial charge in [-0.3, -0.25) is 9.59 Å². The van der Waals surface area contributed by atoms with E-state index >= 15 is 0 Å². The maximum absolute atomic E-state index is 14.4. The second-order valence-corrected chi connectivity index (χ2v) is 16.8. The van der Waals surface area contributed by atoms with Gasteiger partial charge in [-0.2, -0.15) is 0 Å². The summed E-state index contributed by atoms with van der Waals surface area (Å²) in [6.07, 6.45) is 0.520. The Hall–Kier alpha value is -5.82. The Balaban J connectivity index is 1.35. The maximum Gasteiger partial charge on any atom is 0.230 e. The third-order valence-electron chi connectivity index (χ3n) is 11.4. The Bertz CT molecular complexity index is 2140. The molecule has 0 aliphatic rings. The lowest BCUT2D eigenvalue weighted by Crippen LogP contribution is -2.52. The van der Waals surface area contributed by atoms with Crippen LogP contribution in [0.3, 0.4) is 0 Å². The molecule has 59 heavy (non-hydrogen) atoms. The fourth-order valence-electron chi connectivity index (χ4n) is 8.63. The number of aliphatic hydroxyl groups is 2. The van der Waals surface area contributed by atoms with E-state index in [1.54, 1.807) is 0 Å². The summed E-state index contributed by atoms with van der Waals surface area (Å²) in [5, 5.41) is 32.4. The molecule has 0 saturated heterocycles. The van der Waals surface area contributed by atoms with E-state index in [2.05, 4.69) is 34.9 Å². The van der Waals surface area contributed by atoms with Gasteiger partial charge in [0.2, 0.25) is 11.8 Å². The molecule has 6 nitrogen and oxygen atoms in total. The van der Waals surface area contributed by atoms with Gasteiger partial charge in [-0.05, 0) is 86.1 Å². The van der Waals surface area contributed by atoms with Crippen LogP contribution in [-0.4, -0.2) is 33.2 Å². The molecule has 0 aromatic heterocycles. The van der Waals surface area contributed by atoms with Crippen LogP contribution in [0, 0.1) is 41.5 Å². The second kappa shape index (κ2) is 18.8. The third-order valence-corrected chi connectivity index (χ3v) is 11.4. The van der Waals surface area contributed by atoms with Crippen molar-refractivity contribution in [1.82, 2.24) is 10.6 Å². The van der Waals surface area contributed by atoms with Gasteiger partial charge in [-0.15, -0.1) is 0 Å². The minimum absolute atomic E-state index is 0.258. The van der Waals surface area contributed by atoms with Crippen molar-refractivity contribution >= 4 is 11.8 Å². The highest BCUT2D eigenvalue weighted by molar-refractivity contribution is 5.97. The number of aryl methyl sites for hydroxylation is 6. The molecule has 304 valence electrons. The molecule has 0 aliphatic carbocycles. The Morgan fingerprint density at radius 2 is 0.729 bits per heavy atom. The standard InChI is InChI=1S/C53H58N2O4/c1-36-15-11-21-42(27-36)32-52(58,33-43-22-12-16-37(2)28-43)50(46-25-9-7-19-40(46)5)54-48(56)31-49(57)55-51(47-26-10-8-20-41(47)6)53(59,34-44-23-13-17-38(3)29-44)35-45-24-14-18-39(4)30-45/h7-30,50-51,58-59H,31-35H2,1-6H3,(H,54,56)(H,55,57)/t50-,51-/m1/s1. The smallest absolute Gasteiger partial charge is 0.230 e. The van der Waals surface area contributed by atoms with Gasteiger partial charge in [0.25, 0.3) is 0 Å². The first-order valence-corrected chi connectivity index (χ1v) is 20.6. The fourth-order valence-corrected chi connectivity index (χ4v) is 8.63. The zero-order valence-corrected chi connectivity index (χ0v) is 35.3. The number of carbonyl (C=O) groups excluding carboxylic acids is 2. The predicted molar refractivity (Wildman–Crippen MR) is 238 cm³/mol. The van der Waals surface area contributed by atoms with Gasteiger partial charge >= 0.3 is 0 Å². The zero-order valence-electron chi connectivity index (χ0n) is 35.3. The average molecular weight is 787 g/mol. The summed E-state index contributed by atoms with van der Waals surface area (Å²) in [5.74, 6) is -1.07. The van der Waals surface area contributed by atoms with Crippen molar-refractivity contribution in [3.63, 3.8) is 0 Å². The van der Waals surface area contributed by atoms with E-state index in [9.17, 15) is 19.8 Å². The van der Waals surface area contributed by atoms with Crippen LogP contribution >= 0.6 is 0 Å². The lowest BCUT2D eigenvalue weighted by molar-refractivity contribution is -0.133. The van der Waals surface area contributed by atoms with Crippen LogP contribution in [0.5, 0.6) is 0 Å². The van der Waals surface area contributed by atoms with Crippen molar-refractivity contribution in [2.45, 2.75) is 96.9 Å². The van der Waals surface area contributed by atoms with Gasteiger partial charge < -0.3 is 20.8 Å². The molecular weight excluding hydrogens is 729 g/mol. The van der Waals surface area contributed by atoms with Gasteiger partial charge in [0.1, 0.15) is 6.42 Å². The van der Waals surface area contributed by atoms with E-state index in [1.807, 2.05) is 163 Å². The molecule has 0 heterocycles. The molecule has 0 spiro atoms. The maximum atomic E-state index is 14.4.